The Hall–Kier alpha value is -2.23. The highest BCUT2D eigenvalue weighted by molar-refractivity contribution is 7.15. The van der Waals surface area contributed by atoms with Gasteiger partial charge in [0.05, 0.1) is 24.5 Å². The molecule has 118 valence electrons. The Morgan fingerprint density at radius 3 is 2.73 bits per heavy atom. The van der Waals surface area contributed by atoms with Crippen molar-refractivity contribution in [2.75, 3.05) is 12.4 Å². The Morgan fingerprint density at radius 2 is 2.09 bits per heavy atom. The van der Waals surface area contributed by atoms with Gasteiger partial charge in [0.25, 0.3) is 0 Å². The topological polar surface area (TPSA) is 64.1 Å². The first-order valence-corrected chi connectivity index (χ1v) is 6.62. The van der Waals surface area contributed by atoms with Crippen LogP contribution in [0.3, 0.4) is 0 Å². The van der Waals surface area contributed by atoms with E-state index in [-0.39, 0.29) is 17.3 Å². The van der Waals surface area contributed by atoms with E-state index in [2.05, 4.69) is 9.97 Å². The Morgan fingerprint density at radius 1 is 1.36 bits per heavy atom. The lowest BCUT2D eigenvalue weighted by molar-refractivity contribution is -0.167. The van der Waals surface area contributed by atoms with Crippen LogP contribution >= 0.6 is 11.3 Å². The average molecular weight is 335 g/mol. The second kappa shape index (κ2) is 6.26. The number of hydrogen-bond acceptors (Lipinski definition) is 5. The van der Waals surface area contributed by atoms with Crippen LogP contribution in [-0.2, 0) is 11.2 Å². The van der Waals surface area contributed by atoms with Gasteiger partial charge in [0.2, 0.25) is 5.88 Å². The first-order valence-electron chi connectivity index (χ1n) is 5.81. The van der Waals surface area contributed by atoms with Crippen LogP contribution < -0.4 is 10.1 Å². The number of carbonyl (C=O) groups excluding carboxylic acids is 1. The van der Waals surface area contributed by atoms with Crippen molar-refractivity contribution in [3.63, 3.8) is 0 Å². The summed E-state index contributed by atoms with van der Waals surface area (Å²) < 4.78 is 54.6. The van der Waals surface area contributed by atoms with Crippen molar-refractivity contribution in [2.24, 2.45) is 0 Å². The molecule has 2 aromatic heterocycles. The van der Waals surface area contributed by atoms with E-state index >= 15 is 0 Å². The molecule has 0 bridgehead atoms. The van der Waals surface area contributed by atoms with Crippen LogP contribution in [0.4, 0.5) is 22.6 Å². The molecule has 2 rings (SSSR count). The van der Waals surface area contributed by atoms with Gasteiger partial charge in [0.1, 0.15) is 10.8 Å². The summed E-state index contributed by atoms with van der Waals surface area (Å²) in [5.74, 6) is -2.46. The largest absolute Gasteiger partial charge is 0.481 e. The summed E-state index contributed by atoms with van der Waals surface area (Å²) in [6, 6.07) is 1.20. The number of thiazole rings is 1. The van der Waals surface area contributed by atoms with Crippen LogP contribution in [0.25, 0.3) is 0 Å². The second-order valence-electron chi connectivity index (χ2n) is 4.07. The Balaban J connectivity index is 2.13. The van der Waals surface area contributed by atoms with Gasteiger partial charge in [-0.1, -0.05) is 0 Å². The molecule has 0 saturated heterocycles. The van der Waals surface area contributed by atoms with Crippen molar-refractivity contribution in [2.45, 2.75) is 12.6 Å². The highest BCUT2D eigenvalue weighted by atomic mass is 32.1. The molecule has 0 atom stereocenters. The Labute approximate surface area is 126 Å². The summed E-state index contributed by atoms with van der Waals surface area (Å²) in [7, 11) is 1.36. The van der Waals surface area contributed by atoms with E-state index in [1.165, 1.54) is 13.2 Å². The lowest BCUT2D eigenvalue weighted by Gasteiger charge is -2.05. The first kappa shape index (κ1) is 16.1. The summed E-state index contributed by atoms with van der Waals surface area (Å²) in [4.78, 5) is 18.4. The SMILES string of the molecule is COc1ncc(F)cc1Cc1ncc(NC(=O)C(F)(F)F)s1. The van der Waals surface area contributed by atoms with Crippen molar-refractivity contribution < 1.29 is 27.1 Å². The van der Waals surface area contributed by atoms with E-state index in [0.717, 1.165) is 23.7 Å². The van der Waals surface area contributed by atoms with Crippen molar-refractivity contribution in [1.29, 1.82) is 0 Å². The van der Waals surface area contributed by atoms with Crippen LogP contribution in [0.1, 0.15) is 10.6 Å². The molecule has 0 unspecified atom stereocenters. The van der Waals surface area contributed by atoms with Crippen molar-refractivity contribution in [3.05, 3.63) is 34.8 Å². The number of aromatic nitrogens is 2. The minimum absolute atomic E-state index is 0.0549. The first-order chi connectivity index (χ1) is 10.3. The van der Waals surface area contributed by atoms with E-state index < -0.39 is 17.9 Å². The third-order valence-corrected chi connectivity index (χ3v) is 3.39. The van der Waals surface area contributed by atoms with Crippen LogP contribution in [0.5, 0.6) is 5.88 Å². The lowest BCUT2D eigenvalue weighted by Crippen LogP contribution is -2.29. The molecule has 0 saturated carbocycles. The normalized spacial score (nSPS) is 11.3. The van der Waals surface area contributed by atoms with Gasteiger partial charge >= 0.3 is 12.1 Å². The molecule has 2 heterocycles. The number of anilines is 1. The molecule has 2 aromatic rings. The highest BCUT2D eigenvalue weighted by Crippen LogP contribution is 2.26. The molecule has 0 radical (unpaired) electrons. The number of nitrogens with zero attached hydrogens (tertiary/aromatic N) is 2. The van der Waals surface area contributed by atoms with E-state index in [1.807, 2.05) is 0 Å². The Bertz CT molecular complexity index is 687. The maximum Gasteiger partial charge on any atom is 0.471 e. The minimum Gasteiger partial charge on any atom is -0.481 e. The van der Waals surface area contributed by atoms with Crippen molar-refractivity contribution in [1.82, 2.24) is 9.97 Å². The summed E-state index contributed by atoms with van der Waals surface area (Å²) >= 11 is 0.848. The monoisotopic (exact) mass is 335 g/mol. The third-order valence-electron chi connectivity index (χ3n) is 2.47. The number of carbonyl (C=O) groups is 1. The third kappa shape index (κ3) is 3.91. The fourth-order valence-corrected chi connectivity index (χ4v) is 2.41. The van der Waals surface area contributed by atoms with Crippen LogP contribution in [0.2, 0.25) is 0 Å². The lowest BCUT2D eigenvalue weighted by atomic mass is 10.2. The number of rotatable bonds is 4. The molecule has 22 heavy (non-hydrogen) atoms. The van der Waals surface area contributed by atoms with E-state index in [1.54, 1.807) is 5.32 Å². The van der Waals surface area contributed by atoms with Gasteiger partial charge in [0, 0.05) is 12.0 Å². The maximum atomic E-state index is 13.2. The van der Waals surface area contributed by atoms with Gasteiger partial charge in [-0.3, -0.25) is 4.79 Å². The number of halogens is 4. The van der Waals surface area contributed by atoms with Crippen LogP contribution in [0, 0.1) is 5.82 Å². The van der Waals surface area contributed by atoms with Gasteiger partial charge < -0.3 is 10.1 Å². The maximum absolute atomic E-state index is 13.2. The van der Waals surface area contributed by atoms with Crippen molar-refractivity contribution in [3.8, 4) is 5.88 Å². The Kier molecular flexibility index (Phi) is 4.59. The fraction of sp³-hybridized carbons (Fsp3) is 0.250. The summed E-state index contributed by atoms with van der Waals surface area (Å²) in [5.41, 5.74) is 0.394. The predicted molar refractivity (Wildman–Crippen MR) is 70.4 cm³/mol. The van der Waals surface area contributed by atoms with Gasteiger partial charge in [-0.05, 0) is 6.07 Å². The minimum atomic E-state index is -4.97. The fourth-order valence-electron chi connectivity index (χ4n) is 1.57. The molecule has 10 heteroatoms. The van der Waals surface area contributed by atoms with E-state index in [9.17, 15) is 22.4 Å². The van der Waals surface area contributed by atoms with Gasteiger partial charge in [-0.25, -0.2) is 14.4 Å². The average Bonchev–Trinajstić information content (AvgIpc) is 2.85. The standard InChI is InChI=1S/C12H9F4N3O2S/c1-21-10-6(2-7(13)4-18-10)3-8-17-5-9(22-8)19-11(20)12(14,15)16/h2,4-5H,3H2,1H3,(H,19,20). The number of alkyl halides is 3. The molecule has 0 aliphatic carbocycles. The van der Waals surface area contributed by atoms with E-state index in [0.29, 0.717) is 10.6 Å². The summed E-state index contributed by atoms with van der Waals surface area (Å²) in [6.45, 7) is 0. The number of nitrogens with one attached hydrogen (secondary N) is 1. The molecule has 0 spiro atoms. The molecule has 0 aliphatic heterocycles. The smallest absolute Gasteiger partial charge is 0.471 e. The molecule has 0 aromatic carbocycles. The van der Waals surface area contributed by atoms with E-state index in [4.69, 9.17) is 4.74 Å². The van der Waals surface area contributed by atoms with Crippen LogP contribution in [-0.4, -0.2) is 29.2 Å². The van der Waals surface area contributed by atoms with Gasteiger partial charge in [-0.2, -0.15) is 13.2 Å². The predicted octanol–water partition coefficient (Wildman–Crippen LogP) is 2.78. The van der Waals surface area contributed by atoms with Gasteiger partial charge in [-0.15, -0.1) is 11.3 Å². The number of amides is 1. The molecular weight excluding hydrogens is 326 g/mol. The quantitative estimate of drug-likeness (QED) is 0.873. The molecule has 0 aliphatic rings. The number of ether oxygens (including phenoxy) is 1. The summed E-state index contributed by atoms with van der Waals surface area (Å²) in [5, 5.41) is 2.02. The number of methoxy groups -OCH3 is 1. The van der Waals surface area contributed by atoms with Crippen molar-refractivity contribution >= 4 is 22.2 Å². The zero-order chi connectivity index (χ0) is 16.3. The van der Waals surface area contributed by atoms with Gasteiger partial charge in [0.15, 0.2) is 0 Å². The summed E-state index contributed by atoms with van der Waals surface area (Å²) in [6.07, 6.45) is -2.78. The zero-order valence-corrected chi connectivity index (χ0v) is 11.9. The molecule has 0 fully saturated rings. The zero-order valence-electron chi connectivity index (χ0n) is 11.1. The second-order valence-corrected chi connectivity index (χ2v) is 5.18. The molecular formula is C12H9F4N3O2S. The molecule has 5 nitrogen and oxygen atoms in total. The molecule has 1 N–H and O–H groups in total. The highest BCUT2D eigenvalue weighted by Gasteiger charge is 2.38. The van der Waals surface area contributed by atoms with Crippen LogP contribution in [0.15, 0.2) is 18.5 Å². The number of pyridine rings is 1. The number of hydrogen-bond donors (Lipinski definition) is 1. The molecule has 1 amide bonds.